The van der Waals surface area contributed by atoms with Gasteiger partial charge in [-0.2, -0.15) is 0 Å². The Morgan fingerprint density at radius 2 is 1.65 bits per heavy atom. The van der Waals surface area contributed by atoms with Gasteiger partial charge in [-0.15, -0.1) is 0 Å². The second-order valence-corrected chi connectivity index (χ2v) is 10.3. The van der Waals surface area contributed by atoms with Crippen molar-refractivity contribution in [2.24, 2.45) is 5.41 Å². The van der Waals surface area contributed by atoms with Crippen LogP contribution in [0.25, 0.3) is 0 Å². The zero-order valence-corrected chi connectivity index (χ0v) is 15.6. The summed E-state index contributed by atoms with van der Waals surface area (Å²) in [4.78, 5) is 12.1. The van der Waals surface area contributed by atoms with E-state index in [1.807, 2.05) is 0 Å². The van der Waals surface area contributed by atoms with Crippen molar-refractivity contribution in [3.8, 4) is 5.75 Å². The lowest BCUT2D eigenvalue weighted by Crippen LogP contribution is -2.35. The standard InChI is InChI=1S/C17H26FO4P/c1-7-21-15(19)17(5,6)12-23(20,16(2,3)4)22-14-10-8-13(18)9-11-14/h8-11H,7,12H2,1-6H3/t23-/m0/s1. The van der Waals surface area contributed by atoms with E-state index in [0.717, 1.165) is 0 Å². The minimum absolute atomic E-state index is 0.0414. The lowest BCUT2D eigenvalue weighted by molar-refractivity contribution is -0.152. The van der Waals surface area contributed by atoms with Gasteiger partial charge in [0.05, 0.1) is 18.2 Å². The summed E-state index contributed by atoms with van der Waals surface area (Å²) in [5.74, 6) is -0.480. The van der Waals surface area contributed by atoms with Gasteiger partial charge < -0.3 is 9.26 Å². The molecule has 0 radical (unpaired) electrons. The largest absolute Gasteiger partial charge is 0.466 e. The van der Waals surface area contributed by atoms with Crippen molar-refractivity contribution in [3.63, 3.8) is 0 Å². The third-order valence-electron chi connectivity index (χ3n) is 3.52. The highest BCUT2D eigenvalue weighted by molar-refractivity contribution is 7.61. The maximum absolute atomic E-state index is 13.5. The molecule has 0 saturated carbocycles. The first kappa shape index (κ1) is 19.7. The first-order valence-corrected chi connectivity index (χ1v) is 9.44. The molecule has 6 heteroatoms. The van der Waals surface area contributed by atoms with Crippen LogP contribution in [0.4, 0.5) is 4.39 Å². The number of halogens is 1. The Balaban J connectivity index is 3.11. The van der Waals surface area contributed by atoms with Gasteiger partial charge in [-0.05, 0) is 45.0 Å². The van der Waals surface area contributed by atoms with E-state index < -0.39 is 29.7 Å². The summed E-state index contributed by atoms with van der Waals surface area (Å²) in [6, 6.07) is 5.37. The molecule has 23 heavy (non-hydrogen) atoms. The smallest absolute Gasteiger partial charge is 0.312 e. The highest BCUT2D eigenvalue weighted by Crippen LogP contribution is 2.61. The molecule has 0 aliphatic carbocycles. The fraction of sp³-hybridized carbons (Fsp3) is 0.588. The van der Waals surface area contributed by atoms with Crippen LogP contribution in [0.5, 0.6) is 5.75 Å². The van der Waals surface area contributed by atoms with Gasteiger partial charge in [-0.3, -0.25) is 9.36 Å². The molecule has 1 atom stereocenters. The molecule has 0 aliphatic heterocycles. The fourth-order valence-electron chi connectivity index (χ4n) is 1.98. The Bertz CT molecular complexity index is 588. The molecule has 1 aromatic carbocycles. The highest BCUT2D eigenvalue weighted by atomic mass is 31.2. The molecule has 0 fully saturated rings. The van der Waals surface area contributed by atoms with E-state index in [0.29, 0.717) is 5.75 Å². The molecule has 1 rings (SSSR count). The van der Waals surface area contributed by atoms with Crippen molar-refractivity contribution in [2.75, 3.05) is 12.8 Å². The molecular weight excluding hydrogens is 318 g/mol. The highest BCUT2D eigenvalue weighted by Gasteiger charge is 2.46. The summed E-state index contributed by atoms with van der Waals surface area (Å²) >= 11 is 0. The molecule has 0 saturated heterocycles. The van der Waals surface area contributed by atoms with Crippen LogP contribution in [-0.2, 0) is 14.1 Å². The number of carbonyl (C=O) groups excluding carboxylic acids is 1. The second kappa shape index (κ2) is 7.04. The predicted molar refractivity (Wildman–Crippen MR) is 89.7 cm³/mol. The van der Waals surface area contributed by atoms with Crippen molar-refractivity contribution in [2.45, 2.75) is 46.7 Å². The minimum atomic E-state index is -3.26. The van der Waals surface area contributed by atoms with Crippen LogP contribution in [0.1, 0.15) is 41.5 Å². The van der Waals surface area contributed by atoms with Crippen LogP contribution in [-0.4, -0.2) is 23.9 Å². The summed E-state index contributed by atoms with van der Waals surface area (Å²) in [7, 11) is -3.26. The number of rotatable bonds is 6. The molecule has 0 N–H and O–H groups in total. The van der Waals surface area contributed by atoms with Gasteiger partial charge >= 0.3 is 5.97 Å². The molecule has 0 aliphatic rings. The number of hydrogen-bond acceptors (Lipinski definition) is 4. The molecule has 0 amide bonds. The van der Waals surface area contributed by atoms with Gasteiger partial charge in [-0.1, -0.05) is 20.8 Å². The van der Waals surface area contributed by atoms with E-state index in [-0.39, 0.29) is 12.8 Å². The van der Waals surface area contributed by atoms with E-state index >= 15 is 0 Å². The molecule has 130 valence electrons. The molecule has 4 nitrogen and oxygen atoms in total. The zero-order valence-electron chi connectivity index (χ0n) is 14.7. The van der Waals surface area contributed by atoms with Crippen molar-refractivity contribution >= 4 is 13.3 Å². The van der Waals surface area contributed by atoms with Crippen LogP contribution in [0, 0.1) is 11.2 Å². The average Bonchev–Trinajstić information content (AvgIpc) is 2.40. The van der Waals surface area contributed by atoms with Crippen molar-refractivity contribution < 1.29 is 23.0 Å². The topological polar surface area (TPSA) is 52.6 Å². The summed E-state index contributed by atoms with van der Waals surface area (Å²) in [6.45, 7) is 10.8. The van der Waals surface area contributed by atoms with E-state index in [1.54, 1.807) is 41.5 Å². The number of carbonyl (C=O) groups is 1. The zero-order chi connectivity index (χ0) is 17.9. The summed E-state index contributed by atoms with van der Waals surface area (Å²) in [5, 5.41) is -0.675. The molecule has 0 aromatic heterocycles. The van der Waals surface area contributed by atoms with Crippen molar-refractivity contribution in [3.05, 3.63) is 30.1 Å². The number of ether oxygens (including phenoxy) is 1. The molecular formula is C17H26FO4P. The number of esters is 1. The fourth-order valence-corrected chi connectivity index (χ4v) is 4.43. The molecule has 1 aromatic rings. The maximum Gasteiger partial charge on any atom is 0.312 e. The molecule has 0 spiro atoms. The van der Waals surface area contributed by atoms with Gasteiger partial charge in [-0.25, -0.2) is 4.39 Å². The normalized spacial score (nSPS) is 14.9. The quantitative estimate of drug-likeness (QED) is 0.546. The Morgan fingerprint density at radius 3 is 2.09 bits per heavy atom. The van der Waals surface area contributed by atoms with Crippen LogP contribution in [0.2, 0.25) is 0 Å². The SMILES string of the molecule is CCOC(=O)C(C)(C)C[P@](=O)(Oc1ccc(F)cc1)C(C)(C)C. The van der Waals surface area contributed by atoms with Crippen LogP contribution < -0.4 is 4.52 Å². The summed E-state index contributed by atoms with van der Waals surface area (Å²) in [6.07, 6.45) is 0.0414. The van der Waals surface area contributed by atoms with Crippen LogP contribution in [0.3, 0.4) is 0 Å². The minimum Gasteiger partial charge on any atom is -0.466 e. The third kappa shape index (κ3) is 5.07. The van der Waals surface area contributed by atoms with Gasteiger partial charge in [0.2, 0.25) is 0 Å². The van der Waals surface area contributed by atoms with Gasteiger partial charge in [0.15, 0.2) is 0 Å². The Morgan fingerprint density at radius 1 is 1.13 bits per heavy atom. The second-order valence-electron chi connectivity index (χ2n) is 7.15. The molecule has 0 unspecified atom stereocenters. The lowest BCUT2D eigenvalue weighted by Gasteiger charge is -2.35. The maximum atomic E-state index is 13.5. The van der Waals surface area contributed by atoms with Gasteiger partial charge in [0.25, 0.3) is 7.37 Å². The van der Waals surface area contributed by atoms with E-state index in [4.69, 9.17) is 9.26 Å². The molecule has 0 heterocycles. The summed E-state index contributed by atoms with van der Waals surface area (Å²) in [5.41, 5.74) is -0.946. The van der Waals surface area contributed by atoms with Crippen molar-refractivity contribution in [1.82, 2.24) is 0 Å². The average molecular weight is 344 g/mol. The third-order valence-corrected chi connectivity index (χ3v) is 7.28. The number of benzene rings is 1. The monoisotopic (exact) mass is 344 g/mol. The van der Waals surface area contributed by atoms with Crippen molar-refractivity contribution in [1.29, 1.82) is 0 Å². The van der Waals surface area contributed by atoms with E-state index in [2.05, 4.69) is 0 Å². The summed E-state index contributed by atoms with van der Waals surface area (Å²) < 4.78 is 37.4. The lowest BCUT2D eigenvalue weighted by atomic mass is 9.97. The van der Waals surface area contributed by atoms with Crippen LogP contribution in [0.15, 0.2) is 24.3 Å². The van der Waals surface area contributed by atoms with Crippen LogP contribution >= 0.6 is 7.37 Å². The van der Waals surface area contributed by atoms with Gasteiger partial charge in [0.1, 0.15) is 11.6 Å². The van der Waals surface area contributed by atoms with Gasteiger partial charge in [0, 0.05) is 5.16 Å². The van der Waals surface area contributed by atoms with E-state index in [9.17, 15) is 13.8 Å². The number of hydrogen-bond donors (Lipinski definition) is 0. The predicted octanol–water partition coefficient (Wildman–Crippen LogP) is 4.87. The first-order valence-electron chi connectivity index (χ1n) is 7.63. The first-order chi connectivity index (χ1) is 10.4. The Hall–Kier alpha value is -1.35. The Labute approximate surface area is 137 Å². The Kier molecular flexibility index (Phi) is 6.03. The molecule has 0 bridgehead atoms. The van der Waals surface area contributed by atoms with E-state index in [1.165, 1.54) is 24.3 Å².